The van der Waals surface area contributed by atoms with Crippen LogP contribution in [0.3, 0.4) is 0 Å². The van der Waals surface area contributed by atoms with E-state index in [0.29, 0.717) is 0 Å². The molecule has 4 heteroatoms. The highest BCUT2D eigenvalue weighted by atomic mass is 35.5. The van der Waals surface area contributed by atoms with Gasteiger partial charge in [0, 0.05) is 44.3 Å². The molecule has 1 saturated heterocycles. The fourth-order valence-electron chi connectivity index (χ4n) is 2.22. The molecule has 0 aromatic heterocycles. The van der Waals surface area contributed by atoms with Crippen molar-refractivity contribution in [3.63, 3.8) is 0 Å². The summed E-state index contributed by atoms with van der Waals surface area (Å²) in [6.45, 7) is 10.5. The van der Waals surface area contributed by atoms with E-state index < -0.39 is 0 Å². The van der Waals surface area contributed by atoms with Crippen LogP contribution in [0.4, 0.5) is 0 Å². The Labute approximate surface area is 120 Å². The Morgan fingerprint density at radius 3 is 2.37 bits per heavy atom. The van der Waals surface area contributed by atoms with Gasteiger partial charge in [-0.15, -0.1) is 0 Å². The first kappa shape index (κ1) is 14.4. The average molecular weight is 281 g/mol. The highest BCUT2D eigenvalue weighted by Gasteiger charge is 2.16. The predicted molar refractivity (Wildman–Crippen MR) is 79.8 cm³/mol. The topological polar surface area (TPSA) is 15.7 Å². The molecule has 0 saturated carbocycles. The molecule has 0 radical (unpaired) electrons. The molecule has 0 spiro atoms. The molecule has 0 atom stereocenters. The second kappa shape index (κ2) is 7.53. The smallest absolute Gasteiger partial charge is 0.119 e. The van der Waals surface area contributed by atoms with E-state index in [1.807, 2.05) is 30.3 Å². The van der Waals surface area contributed by atoms with Crippen LogP contribution >= 0.6 is 11.6 Å². The lowest BCUT2D eigenvalue weighted by atomic mass is 10.3. The van der Waals surface area contributed by atoms with E-state index >= 15 is 0 Å². The van der Waals surface area contributed by atoms with E-state index in [1.165, 1.54) is 0 Å². The third-order valence-corrected chi connectivity index (χ3v) is 3.40. The molecule has 1 heterocycles. The van der Waals surface area contributed by atoms with Crippen molar-refractivity contribution in [3.8, 4) is 5.75 Å². The van der Waals surface area contributed by atoms with Crippen LogP contribution in [0.5, 0.6) is 5.75 Å². The summed E-state index contributed by atoms with van der Waals surface area (Å²) >= 11 is 5.83. The molecular weight excluding hydrogens is 260 g/mol. The van der Waals surface area contributed by atoms with Crippen LogP contribution in [0.1, 0.15) is 0 Å². The SMILES string of the molecule is C=C(Cl)CN1CCN(CCOc2ccccc2)CC1. The van der Waals surface area contributed by atoms with E-state index in [2.05, 4.69) is 16.4 Å². The van der Waals surface area contributed by atoms with Gasteiger partial charge in [0.25, 0.3) is 0 Å². The first-order chi connectivity index (χ1) is 9.24. The molecule has 1 fully saturated rings. The number of rotatable bonds is 6. The van der Waals surface area contributed by atoms with Crippen molar-refractivity contribution in [1.29, 1.82) is 0 Å². The van der Waals surface area contributed by atoms with Gasteiger partial charge in [0.15, 0.2) is 0 Å². The lowest BCUT2D eigenvalue weighted by Gasteiger charge is -2.34. The lowest BCUT2D eigenvalue weighted by Crippen LogP contribution is -2.47. The van der Waals surface area contributed by atoms with Crippen molar-refractivity contribution in [2.75, 3.05) is 45.9 Å². The van der Waals surface area contributed by atoms with Crippen LogP contribution in [0.2, 0.25) is 0 Å². The largest absolute Gasteiger partial charge is 0.492 e. The van der Waals surface area contributed by atoms with Gasteiger partial charge >= 0.3 is 0 Å². The predicted octanol–water partition coefficient (Wildman–Crippen LogP) is 2.44. The van der Waals surface area contributed by atoms with Gasteiger partial charge in [-0.1, -0.05) is 36.4 Å². The Morgan fingerprint density at radius 1 is 1.11 bits per heavy atom. The van der Waals surface area contributed by atoms with Gasteiger partial charge in [0.2, 0.25) is 0 Å². The number of benzene rings is 1. The summed E-state index contributed by atoms with van der Waals surface area (Å²) in [5, 5.41) is 0.723. The maximum atomic E-state index is 5.83. The van der Waals surface area contributed by atoms with Crippen LogP contribution in [-0.2, 0) is 0 Å². The maximum Gasteiger partial charge on any atom is 0.119 e. The fourth-order valence-corrected chi connectivity index (χ4v) is 2.39. The Bertz CT molecular complexity index is 388. The van der Waals surface area contributed by atoms with Crippen molar-refractivity contribution in [2.24, 2.45) is 0 Å². The Morgan fingerprint density at radius 2 is 1.74 bits per heavy atom. The summed E-state index contributed by atoms with van der Waals surface area (Å²) in [5.41, 5.74) is 0. The molecule has 0 bridgehead atoms. The van der Waals surface area contributed by atoms with Gasteiger partial charge < -0.3 is 4.74 Å². The zero-order valence-electron chi connectivity index (χ0n) is 11.2. The Balaban J connectivity index is 1.62. The van der Waals surface area contributed by atoms with Crippen LogP contribution in [0, 0.1) is 0 Å². The minimum absolute atomic E-state index is 0.723. The number of ether oxygens (including phenoxy) is 1. The zero-order valence-corrected chi connectivity index (χ0v) is 12.0. The van der Waals surface area contributed by atoms with Crippen LogP contribution in [0.15, 0.2) is 41.9 Å². The second-order valence-electron chi connectivity index (χ2n) is 4.80. The van der Waals surface area contributed by atoms with Crippen LogP contribution in [-0.4, -0.2) is 55.7 Å². The number of hydrogen-bond acceptors (Lipinski definition) is 3. The molecule has 1 aliphatic heterocycles. The summed E-state index contributed by atoms with van der Waals surface area (Å²) in [7, 11) is 0. The average Bonchev–Trinajstić information content (AvgIpc) is 2.41. The molecule has 1 aromatic carbocycles. The molecule has 104 valence electrons. The monoisotopic (exact) mass is 280 g/mol. The standard InChI is InChI=1S/C15H21ClN2O/c1-14(16)13-18-9-7-17(8-10-18)11-12-19-15-5-3-2-4-6-15/h2-6H,1,7-13H2. The second-order valence-corrected chi connectivity index (χ2v) is 5.33. The van der Waals surface area contributed by atoms with Crippen molar-refractivity contribution in [2.45, 2.75) is 0 Å². The maximum absolute atomic E-state index is 5.83. The normalized spacial score (nSPS) is 17.3. The summed E-state index contributed by atoms with van der Waals surface area (Å²) in [5.74, 6) is 0.944. The lowest BCUT2D eigenvalue weighted by molar-refractivity contribution is 0.124. The first-order valence-corrected chi connectivity index (χ1v) is 7.07. The summed E-state index contributed by atoms with van der Waals surface area (Å²) in [6.07, 6.45) is 0. The Hall–Kier alpha value is -1.03. The van der Waals surface area contributed by atoms with Gasteiger partial charge in [-0.3, -0.25) is 9.80 Å². The highest BCUT2D eigenvalue weighted by molar-refractivity contribution is 6.29. The molecule has 0 amide bonds. The molecule has 2 rings (SSSR count). The van der Waals surface area contributed by atoms with E-state index in [1.54, 1.807) is 0 Å². The summed E-state index contributed by atoms with van der Waals surface area (Å²) in [6, 6.07) is 9.96. The van der Waals surface area contributed by atoms with E-state index in [-0.39, 0.29) is 0 Å². The number of para-hydroxylation sites is 1. The van der Waals surface area contributed by atoms with Gasteiger partial charge in [-0.25, -0.2) is 0 Å². The van der Waals surface area contributed by atoms with E-state index in [9.17, 15) is 0 Å². The third-order valence-electron chi connectivity index (χ3n) is 3.28. The molecule has 1 aromatic rings. The number of piperazine rings is 1. The van der Waals surface area contributed by atoms with Gasteiger partial charge in [-0.2, -0.15) is 0 Å². The molecule has 3 nitrogen and oxygen atoms in total. The molecule has 19 heavy (non-hydrogen) atoms. The summed E-state index contributed by atoms with van der Waals surface area (Å²) < 4.78 is 5.71. The van der Waals surface area contributed by atoms with E-state index in [0.717, 1.165) is 56.7 Å². The van der Waals surface area contributed by atoms with Crippen LogP contribution in [0.25, 0.3) is 0 Å². The van der Waals surface area contributed by atoms with Gasteiger partial charge in [0.05, 0.1) is 0 Å². The molecule has 0 N–H and O–H groups in total. The van der Waals surface area contributed by atoms with Crippen LogP contribution < -0.4 is 4.74 Å². The quantitative estimate of drug-likeness (QED) is 0.796. The first-order valence-electron chi connectivity index (χ1n) is 6.70. The number of halogens is 1. The van der Waals surface area contributed by atoms with Gasteiger partial charge in [-0.05, 0) is 12.1 Å². The third kappa shape index (κ3) is 5.23. The van der Waals surface area contributed by atoms with Crippen molar-refractivity contribution in [1.82, 2.24) is 9.80 Å². The fraction of sp³-hybridized carbons (Fsp3) is 0.467. The van der Waals surface area contributed by atoms with E-state index in [4.69, 9.17) is 16.3 Å². The number of nitrogens with zero attached hydrogens (tertiary/aromatic N) is 2. The molecule has 1 aliphatic rings. The van der Waals surface area contributed by atoms with Gasteiger partial charge in [0.1, 0.15) is 12.4 Å². The highest BCUT2D eigenvalue weighted by Crippen LogP contribution is 2.09. The molecule has 0 unspecified atom stereocenters. The zero-order chi connectivity index (χ0) is 13.5. The number of hydrogen-bond donors (Lipinski definition) is 0. The Kier molecular flexibility index (Phi) is 5.70. The molecule has 0 aliphatic carbocycles. The minimum Gasteiger partial charge on any atom is -0.492 e. The van der Waals surface area contributed by atoms with Crippen molar-refractivity contribution >= 4 is 11.6 Å². The van der Waals surface area contributed by atoms with Crippen molar-refractivity contribution in [3.05, 3.63) is 41.9 Å². The molecular formula is C15H21ClN2O. The van der Waals surface area contributed by atoms with Crippen molar-refractivity contribution < 1.29 is 4.74 Å². The minimum atomic E-state index is 0.723. The summed E-state index contributed by atoms with van der Waals surface area (Å²) in [4.78, 5) is 4.76.